The molecule has 4 nitrogen and oxygen atoms in total. The maximum absolute atomic E-state index is 13.7. The second kappa shape index (κ2) is 4.30. The molecule has 3 rings (SSSR count). The second-order valence-electron chi connectivity index (χ2n) is 5.13. The molecule has 0 saturated heterocycles. The van der Waals surface area contributed by atoms with Gasteiger partial charge in [-0.1, -0.05) is 6.07 Å². The number of rotatable bonds is 1. The van der Waals surface area contributed by atoms with E-state index < -0.39 is 17.6 Å². The van der Waals surface area contributed by atoms with Crippen LogP contribution in [0, 0.1) is 5.95 Å². The molecule has 0 fully saturated rings. The van der Waals surface area contributed by atoms with Gasteiger partial charge in [-0.25, -0.2) is 9.78 Å². The van der Waals surface area contributed by atoms with E-state index in [2.05, 4.69) is 10.3 Å². The monoisotopic (exact) mass is 272 g/mol. The van der Waals surface area contributed by atoms with Gasteiger partial charge in [0.25, 0.3) is 0 Å². The number of ether oxygens (including phenoxy) is 1. The van der Waals surface area contributed by atoms with Crippen molar-refractivity contribution in [3.8, 4) is 11.1 Å². The first-order valence-electron chi connectivity index (χ1n) is 6.23. The fourth-order valence-electron chi connectivity index (χ4n) is 2.34. The largest absolute Gasteiger partial charge is 0.438 e. The molecule has 5 heteroatoms. The number of halogens is 1. The van der Waals surface area contributed by atoms with Gasteiger partial charge in [-0.2, -0.15) is 4.39 Å². The number of benzene rings is 1. The number of pyridine rings is 1. The van der Waals surface area contributed by atoms with Crippen LogP contribution in [0.4, 0.5) is 14.9 Å². The summed E-state index contributed by atoms with van der Waals surface area (Å²) >= 11 is 0. The van der Waals surface area contributed by atoms with Gasteiger partial charge in [-0.3, -0.25) is 5.32 Å². The fraction of sp³-hybridized carbons (Fsp3) is 0.200. The number of nitrogens with one attached hydrogen (secondary N) is 1. The number of anilines is 1. The summed E-state index contributed by atoms with van der Waals surface area (Å²) in [6, 6.07) is 8.66. The molecule has 0 saturated carbocycles. The van der Waals surface area contributed by atoms with Crippen LogP contribution >= 0.6 is 0 Å². The van der Waals surface area contributed by atoms with E-state index in [9.17, 15) is 9.18 Å². The van der Waals surface area contributed by atoms with Crippen LogP contribution in [0.15, 0.2) is 36.5 Å². The highest BCUT2D eigenvalue weighted by Gasteiger charge is 2.33. The highest BCUT2D eigenvalue weighted by Crippen LogP contribution is 2.38. The first-order chi connectivity index (χ1) is 9.47. The van der Waals surface area contributed by atoms with Gasteiger partial charge in [0.2, 0.25) is 5.95 Å². The van der Waals surface area contributed by atoms with E-state index in [0.29, 0.717) is 16.8 Å². The van der Waals surface area contributed by atoms with E-state index >= 15 is 0 Å². The van der Waals surface area contributed by atoms with Crippen molar-refractivity contribution in [2.45, 2.75) is 19.4 Å². The van der Waals surface area contributed by atoms with Crippen molar-refractivity contribution in [2.75, 3.05) is 5.32 Å². The third-order valence-corrected chi connectivity index (χ3v) is 3.32. The summed E-state index contributed by atoms with van der Waals surface area (Å²) in [6.45, 7) is 3.60. The smallest absolute Gasteiger partial charge is 0.412 e. The van der Waals surface area contributed by atoms with E-state index in [1.165, 1.54) is 6.20 Å². The quantitative estimate of drug-likeness (QED) is 0.805. The Bertz CT molecular complexity index is 698. The zero-order valence-corrected chi connectivity index (χ0v) is 11.1. The third-order valence-electron chi connectivity index (χ3n) is 3.32. The van der Waals surface area contributed by atoms with Gasteiger partial charge in [-0.05, 0) is 43.7 Å². The summed E-state index contributed by atoms with van der Waals surface area (Å²) in [4.78, 5) is 15.1. The molecule has 0 radical (unpaired) electrons. The summed E-state index contributed by atoms with van der Waals surface area (Å²) in [5, 5.41) is 2.64. The van der Waals surface area contributed by atoms with Crippen LogP contribution in [0.2, 0.25) is 0 Å². The molecule has 102 valence electrons. The van der Waals surface area contributed by atoms with Crippen molar-refractivity contribution >= 4 is 11.8 Å². The second-order valence-corrected chi connectivity index (χ2v) is 5.13. The first kappa shape index (κ1) is 12.6. The normalized spacial score (nSPS) is 16.1. The molecule has 1 aromatic carbocycles. The third kappa shape index (κ3) is 2.01. The maximum Gasteiger partial charge on any atom is 0.412 e. The van der Waals surface area contributed by atoms with Gasteiger partial charge in [-0.15, -0.1) is 0 Å². The Balaban J connectivity index is 2.15. The molecular formula is C15H13FN2O2. The van der Waals surface area contributed by atoms with Crippen molar-refractivity contribution in [3.63, 3.8) is 0 Å². The summed E-state index contributed by atoms with van der Waals surface area (Å²) < 4.78 is 19.0. The molecule has 1 aromatic heterocycles. The molecule has 0 unspecified atom stereocenters. The van der Waals surface area contributed by atoms with Crippen LogP contribution in [0.5, 0.6) is 0 Å². The topological polar surface area (TPSA) is 51.2 Å². The standard InChI is InChI=1S/C15H13FN2O2/c1-15(2)11-8-9(10-4-3-7-17-13(10)16)5-6-12(11)18-14(19)20-15/h3-8H,1-2H3,(H,18,19). The Morgan fingerprint density at radius 1 is 1.30 bits per heavy atom. The Hall–Kier alpha value is -2.43. The van der Waals surface area contributed by atoms with E-state index in [1.807, 2.05) is 6.07 Å². The number of nitrogens with zero attached hydrogens (tertiary/aromatic N) is 1. The minimum absolute atomic E-state index is 0.419. The van der Waals surface area contributed by atoms with Crippen molar-refractivity contribution < 1.29 is 13.9 Å². The van der Waals surface area contributed by atoms with Crippen molar-refractivity contribution in [1.82, 2.24) is 4.98 Å². The molecule has 1 N–H and O–H groups in total. The van der Waals surface area contributed by atoms with E-state index in [4.69, 9.17) is 4.74 Å². The fourth-order valence-corrected chi connectivity index (χ4v) is 2.34. The lowest BCUT2D eigenvalue weighted by Gasteiger charge is -2.32. The summed E-state index contributed by atoms with van der Waals surface area (Å²) in [5.41, 5.74) is 1.84. The minimum Gasteiger partial charge on any atom is -0.438 e. The van der Waals surface area contributed by atoms with Gasteiger partial charge in [0.1, 0.15) is 5.60 Å². The highest BCUT2D eigenvalue weighted by molar-refractivity contribution is 5.89. The molecule has 1 amide bonds. The summed E-state index contributed by atoms with van der Waals surface area (Å²) in [6.07, 6.45) is 0.924. The SMILES string of the molecule is CC1(C)OC(=O)Nc2ccc(-c3cccnc3F)cc21. The number of carbonyl (C=O) groups is 1. The van der Waals surface area contributed by atoms with Crippen molar-refractivity contribution in [1.29, 1.82) is 0 Å². The van der Waals surface area contributed by atoms with Gasteiger partial charge in [0.15, 0.2) is 0 Å². The zero-order valence-electron chi connectivity index (χ0n) is 11.1. The average Bonchev–Trinajstić information content (AvgIpc) is 2.38. The summed E-state index contributed by atoms with van der Waals surface area (Å²) in [7, 11) is 0. The number of fused-ring (bicyclic) bond motifs is 1. The first-order valence-corrected chi connectivity index (χ1v) is 6.23. The lowest BCUT2D eigenvalue weighted by Crippen LogP contribution is -2.34. The van der Waals surface area contributed by atoms with Crippen LogP contribution in [-0.2, 0) is 10.3 Å². The molecule has 1 aliphatic rings. The van der Waals surface area contributed by atoms with E-state index in [-0.39, 0.29) is 0 Å². The number of hydrogen-bond acceptors (Lipinski definition) is 3. The Morgan fingerprint density at radius 2 is 2.10 bits per heavy atom. The van der Waals surface area contributed by atoms with Crippen LogP contribution in [0.3, 0.4) is 0 Å². The molecule has 2 heterocycles. The lowest BCUT2D eigenvalue weighted by molar-refractivity contribution is 0.0421. The van der Waals surface area contributed by atoms with Gasteiger partial charge in [0, 0.05) is 17.3 Å². The molecule has 0 spiro atoms. The summed E-state index contributed by atoms with van der Waals surface area (Å²) in [5.74, 6) is -0.522. The number of amides is 1. The van der Waals surface area contributed by atoms with Gasteiger partial charge >= 0.3 is 6.09 Å². The zero-order chi connectivity index (χ0) is 14.3. The minimum atomic E-state index is -0.758. The number of cyclic esters (lactones) is 1. The molecule has 0 bridgehead atoms. The van der Waals surface area contributed by atoms with Crippen molar-refractivity contribution in [3.05, 3.63) is 48.0 Å². The van der Waals surface area contributed by atoms with E-state index in [1.54, 1.807) is 38.1 Å². The molecular weight excluding hydrogens is 259 g/mol. The molecule has 0 aliphatic carbocycles. The molecule has 2 aromatic rings. The predicted octanol–water partition coefficient (Wildman–Crippen LogP) is 3.68. The Labute approximate surface area is 115 Å². The number of aromatic nitrogens is 1. The molecule has 20 heavy (non-hydrogen) atoms. The highest BCUT2D eigenvalue weighted by atomic mass is 19.1. The van der Waals surface area contributed by atoms with Crippen LogP contribution < -0.4 is 5.32 Å². The average molecular weight is 272 g/mol. The van der Waals surface area contributed by atoms with Crippen LogP contribution in [0.1, 0.15) is 19.4 Å². The van der Waals surface area contributed by atoms with Crippen LogP contribution in [-0.4, -0.2) is 11.1 Å². The molecule has 1 aliphatic heterocycles. The van der Waals surface area contributed by atoms with Gasteiger partial charge in [0.05, 0.1) is 5.69 Å². The number of hydrogen-bond donors (Lipinski definition) is 1. The predicted molar refractivity (Wildman–Crippen MR) is 72.8 cm³/mol. The van der Waals surface area contributed by atoms with Crippen molar-refractivity contribution in [2.24, 2.45) is 0 Å². The Morgan fingerprint density at radius 3 is 2.85 bits per heavy atom. The Kier molecular flexibility index (Phi) is 2.71. The number of carbonyl (C=O) groups excluding carboxylic acids is 1. The lowest BCUT2D eigenvalue weighted by atomic mass is 9.91. The van der Waals surface area contributed by atoms with Crippen LogP contribution in [0.25, 0.3) is 11.1 Å². The van der Waals surface area contributed by atoms with Gasteiger partial charge < -0.3 is 4.74 Å². The molecule has 0 atom stereocenters. The maximum atomic E-state index is 13.7. The van der Waals surface area contributed by atoms with E-state index in [0.717, 1.165) is 5.56 Å².